The summed E-state index contributed by atoms with van der Waals surface area (Å²) in [7, 11) is 1.53. The number of halogens is 1. The minimum Gasteiger partial charge on any atom is -0.486 e. The summed E-state index contributed by atoms with van der Waals surface area (Å²) in [5.74, 6) is 0.853. The van der Waals surface area contributed by atoms with E-state index >= 15 is 0 Å². The van der Waals surface area contributed by atoms with E-state index in [1.807, 2.05) is 24.3 Å². The van der Waals surface area contributed by atoms with Crippen molar-refractivity contribution in [2.45, 2.75) is 18.6 Å². The van der Waals surface area contributed by atoms with Crippen molar-refractivity contribution in [1.29, 1.82) is 0 Å². The largest absolute Gasteiger partial charge is 0.486 e. The molecule has 0 aromatic heterocycles. The van der Waals surface area contributed by atoms with Gasteiger partial charge in [0.25, 0.3) is 0 Å². The molecule has 0 saturated heterocycles. The molecule has 3 nitrogen and oxygen atoms in total. The van der Waals surface area contributed by atoms with Crippen LogP contribution in [0.5, 0.6) is 5.75 Å². The Balaban J connectivity index is 2.04. The molecule has 0 N–H and O–H groups in total. The maximum atomic E-state index is 11.1. The lowest BCUT2D eigenvalue weighted by Gasteiger charge is -2.33. The fourth-order valence-electron chi connectivity index (χ4n) is 1.56. The first-order valence-corrected chi connectivity index (χ1v) is 5.48. The third-order valence-corrected chi connectivity index (χ3v) is 3.08. The van der Waals surface area contributed by atoms with E-state index in [1.54, 1.807) is 0 Å². The van der Waals surface area contributed by atoms with Gasteiger partial charge in [-0.05, 0) is 28.1 Å². The predicted molar refractivity (Wildman–Crippen MR) is 59.0 cm³/mol. The van der Waals surface area contributed by atoms with Gasteiger partial charge >= 0.3 is 0 Å². The molecule has 0 aliphatic heterocycles. The molecule has 0 amide bonds. The first-order chi connectivity index (χ1) is 7.22. The van der Waals surface area contributed by atoms with Gasteiger partial charge in [-0.3, -0.25) is 4.79 Å². The normalized spacial score (nSPS) is 24.8. The third kappa shape index (κ3) is 2.06. The number of carbonyl (C=O) groups excluding carboxylic acids is 1. The average Bonchev–Trinajstić information content (AvgIpc) is 2.20. The van der Waals surface area contributed by atoms with E-state index in [2.05, 4.69) is 15.9 Å². The number of ketones is 1. The number of benzene rings is 1. The number of para-hydroxylation sites is 1. The van der Waals surface area contributed by atoms with Crippen molar-refractivity contribution in [3.63, 3.8) is 0 Å². The standard InChI is InChI=1S/C11H11BrO3/c1-14-11-8(13)6-10(11)15-9-5-3-2-4-7(9)12/h2-5,10-11H,6H2,1H3. The van der Waals surface area contributed by atoms with Crippen LogP contribution in [0.1, 0.15) is 6.42 Å². The van der Waals surface area contributed by atoms with Gasteiger partial charge in [0.2, 0.25) is 0 Å². The molecule has 0 bridgehead atoms. The molecule has 2 rings (SSSR count). The first-order valence-electron chi connectivity index (χ1n) is 4.69. The monoisotopic (exact) mass is 270 g/mol. The average molecular weight is 271 g/mol. The van der Waals surface area contributed by atoms with Crippen molar-refractivity contribution in [3.8, 4) is 5.75 Å². The molecule has 80 valence electrons. The Bertz CT molecular complexity index is 378. The van der Waals surface area contributed by atoms with Crippen molar-refractivity contribution in [2.24, 2.45) is 0 Å². The summed E-state index contributed by atoms with van der Waals surface area (Å²) in [6, 6.07) is 7.57. The van der Waals surface area contributed by atoms with Gasteiger partial charge in [-0.25, -0.2) is 0 Å². The molecule has 1 aromatic carbocycles. The van der Waals surface area contributed by atoms with Gasteiger partial charge in [0.1, 0.15) is 11.9 Å². The van der Waals surface area contributed by atoms with E-state index in [4.69, 9.17) is 9.47 Å². The molecule has 4 heteroatoms. The molecular formula is C11H11BrO3. The number of hydrogen-bond acceptors (Lipinski definition) is 3. The minimum atomic E-state index is -0.405. The quantitative estimate of drug-likeness (QED) is 0.845. The van der Waals surface area contributed by atoms with Crippen molar-refractivity contribution < 1.29 is 14.3 Å². The topological polar surface area (TPSA) is 35.5 Å². The van der Waals surface area contributed by atoms with Crippen molar-refractivity contribution in [1.82, 2.24) is 0 Å². The van der Waals surface area contributed by atoms with Gasteiger partial charge in [0.05, 0.1) is 4.47 Å². The fraction of sp³-hybridized carbons (Fsp3) is 0.364. The highest BCUT2D eigenvalue weighted by Crippen LogP contribution is 2.30. The second kappa shape index (κ2) is 4.33. The second-order valence-electron chi connectivity index (χ2n) is 3.41. The summed E-state index contributed by atoms with van der Waals surface area (Å²) < 4.78 is 11.6. The van der Waals surface area contributed by atoms with E-state index in [9.17, 15) is 4.79 Å². The molecule has 1 saturated carbocycles. The van der Waals surface area contributed by atoms with Crippen LogP contribution in [0.3, 0.4) is 0 Å². The Morgan fingerprint density at radius 3 is 2.73 bits per heavy atom. The van der Waals surface area contributed by atoms with Gasteiger partial charge in [-0.2, -0.15) is 0 Å². The minimum absolute atomic E-state index is 0.106. The molecule has 1 aliphatic rings. The van der Waals surface area contributed by atoms with Crippen LogP contribution < -0.4 is 4.74 Å². The molecule has 2 unspecified atom stereocenters. The number of Topliss-reactive ketones (excluding diaryl/α,β-unsaturated/α-hetero) is 1. The maximum absolute atomic E-state index is 11.1. The lowest BCUT2D eigenvalue weighted by atomic mass is 9.90. The highest BCUT2D eigenvalue weighted by Gasteiger charge is 2.42. The van der Waals surface area contributed by atoms with Crippen LogP contribution in [0, 0.1) is 0 Å². The van der Waals surface area contributed by atoms with Crippen LogP contribution in [-0.4, -0.2) is 25.1 Å². The van der Waals surface area contributed by atoms with E-state index in [0.29, 0.717) is 6.42 Å². The van der Waals surface area contributed by atoms with Gasteiger partial charge < -0.3 is 9.47 Å². The zero-order valence-corrected chi connectivity index (χ0v) is 9.86. The maximum Gasteiger partial charge on any atom is 0.169 e. The van der Waals surface area contributed by atoms with Gasteiger partial charge in [0, 0.05) is 13.5 Å². The SMILES string of the molecule is COC1C(=O)CC1Oc1ccccc1Br. The van der Waals surface area contributed by atoms with Crippen LogP contribution in [0.2, 0.25) is 0 Å². The molecule has 0 radical (unpaired) electrons. The highest BCUT2D eigenvalue weighted by molar-refractivity contribution is 9.10. The zero-order chi connectivity index (χ0) is 10.8. The van der Waals surface area contributed by atoms with Crippen molar-refractivity contribution >= 4 is 21.7 Å². The van der Waals surface area contributed by atoms with E-state index in [-0.39, 0.29) is 11.9 Å². The highest BCUT2D eigenvalue weighted by atomic mass is 79.9. The van der Waals surface area contributed by atoms with Crippen LogP contribution in [0.4, 0.5) is 0 Å². The molecular weight excluding hydrogens is 260 g/mol. The van der Waals surface area contributed by atoms with Crippen LogP contribution >= 0.6 is 15.9 Å². The summed E-state index contributed by atoms with van der Waals surface area (Å²) in [4.78, 5) is 11.1. The molecule has 1 aliphatic carbocycles. The Kier molecular flexibility index (Phi) is 3.07. The summed E-state index contributed by atoms with van der Waals surface area (Å²) in [5, 5.41) is 0. The van der Waals surface area contributed by atoms with Crippen LogP contribution in [0.25, 0.3) is 0 Å². The van der Waals surface area contributed by atoms with Crippen LogP contribution in [0.15, 0.2) is 28.7 Å². The lowest BCUT2D eigenvalue weighted by Crippen LogP contribution is -2.51. The third-order valence-electron chi connectivity index (χ3n) is 2.43. The molecule has 15 heavy (non-hydrogen) atoms. The lowest BCUT2D eigenvalue weighted by molar-refractivity contribution is -0.151. The molecule has 0 heterocycles. The Morgan fingerprint density at radius 1 is 1.40 bits per heavy atom. The van der Waals surface area contributed by atoms with Gasteiger partial charge in [0.15, 0.2) is 11.9 Å². The Morgan fingerprint density at radius 2 is 2.13 bits per heavy atom. The van der Waals surface area contributed by atoms with Gasteiger partial charge in [-0.1, -0.05) is 12.1 Å². The predicted octanol–water partition coefficient (Wildman–Crippen LogP) is 2.18. The molecule has 0 spiro atoms. The Labute approximate surface area is 96.5 Å². The van der Waals surface area contributed by atoms with E-state index in [1.165, 1.54) is 7.11 Å². The smallest absolute Gasteiger partial charge is 0.169 e. The number of rotatable bonds is 3. The van der Waals surface area contributed by atoms with Gasteiger partial charge in [-0.15, -0.1) is 0 Å². The summed E-state index contributed by atoms with van der Waals surface area (Å²) in [6.45, 7) is 0. The van der Waals surface area contributed by atoms with Crippen molar-refractivity contribution in [2.75, 3.05) is 7.11 Å². The molecule has 2 atom stereocenters. The van der Waals surface area contributed by atoms with Crippen LogP contribution in [-0.2, 0) is 9.53 Å². The molecule has 1 fully saturated rings. The Hall–Kier alpha value is -0.870. The number of carbonyl (C=O) groups is 1. The van der Waals surface area contributed by atoms with E-state index < -0.39 is 6.10 Å². The van der Waals surface area contributed by atoms with E-state index in [0.717, 1.165) is 10.2 Å². The number of hydrogen-bond donors (Lipinski definition) is 0. The number of ether oxygens (including phenoxy) is 2. The van der Waals surface area contributed by atoms with Crippen molar-refractivity contribution in [3.05, 3.63) is 28.7 Å². The summed E-state index contributed by atoms with van der Waals surface area (Å²) in [6.07, 6.45) is -0.127. The molecule has 1 aromatic rings. The summed E-state index contributed by atoms with van der Waals surface area (Å²) in [5.41, 5.74) is 0. The summed E-state index contributed by atoms with van der Waals surface area (Å²) >= 11 is 3.38. The first kappa shape index (κ1) is 10.6. The second-order valence-corrected chi connectivity index (χ2v) is 4.27. The number of methoxy groups -OCH3 is 1. The fourth-order valence-corrected chi connectivity index (χ4v) is 1.94. The zero-order valence-electron chi connectivity index (χ0n) is 8.27.